The minimum atomic E-state index is -0.839. The molecule has 0 radical (unpaired) electrons. The van der Waals surface area contributed by atoms with Crippen molar-refractivity contribution in [3.05, 3.63) is 29.8 Å². The summed E-state index contributed by atoms with van der Waals surface area (Å²) in [6.07, 6.45) is 0.527. The van der Waals surface area contributed by atoms with Gasteiger partial charge in [0.1, 0.15) is 11.4 Å². The minimum absolute atomic E-state index is 0.0794. The van der Waals surface area contributed by atoms with Crippen molar-refractivity contribution in [2.45, 2.75) is 39.2 Å². The van der Waals surface area contributed by atoms with Gasteiger partial charge in [-0.15, -0.1) is 0 Å². The number of hydrogen-bond donors (Lipinski definition) is 1. The maximum atomic E-state index is 11.8. The van der Waals surface area contributed by atoms with Crippen molar-refractivity contribution in [2.75, 3.05) is 6.61 Å². The molecule has 5 heteroatoms. The maximum absolute atomic E-state index is 11.8. The van der Waals surface area contributed by atoms with E-state index in [1.807, 2.05) is 20.8 Å². The zero-order valence-corrected chi connectivity index (χ0v) is 12.0. The van der Waals surface area contributed by atoms with Gasteiger partial charge in [-0.1, -0.05) is 0 Å². The molecule has 1 aromatic rings. The maximum Gasteiger partial charge on any atom is 0.338 e. The van der Waals surface area contributed by atoms with Crippen LogP contribution in [-0.4, -0.2) is 29.3 Å². The van der Waals surface area contributed by atoms with Gasteiger partial charge in [0.05, 0.1) is 12.2 Å². The Bertz CT molecular complexity index is 456. The molecule has 1 rings (SSSR count). The van der Waals surface area contributed by atoms with Crippen molar-refractivity contribution < 1.29 is 24.2 Å². The molecule has 0 fully saturated rings. The Morgan fingerprint density at radius 2 is 1.75 bits per heavy atom. The van der Waals surface area contributed by atoms with Crippen LogP contribution in [0.25, 0.3) is 0 Å². The van der Waals surface area contributed by atoms with E-state index in [1.165, 1.54) is 0 Å². The molecule has 0 amide bonds. The van der Waals surface area contributed by atoms with Crippen molar-refractivity contribution in [1.82, 2.24) is 0 Å². The van der Waals surface area contributed by atoms with Crippen LogP contribution in [0.4, 0.5) is 0 Å². The summed E-state index contributed by atoms with van der Waals surface area (Å²) in [5, 5.41) is 8.49. The predicted molar refractivity (Wildman–Crippen MR) is 74.0 cm³/mol. The molecular formula is C15H20O5. The molecule has 0 heterocycles. The summed E-state index contributed by atoms with van der Waals surface area (Å²) < 4.78 is 10.6. The first-order valence-corrected chi connectivity index (χ1v) is 6.46. The number of carboxylic acid groups (broad SMARTS) is 1. The van der Waals surface area contributed by atoms with Crippen LogP contribution in [0, 0.1) is 0 Å². The highest BCUT2D eigenvalue weighted by Crippen LogP contribution is 2.16. The van der Waals surface area contributed by atoms with Gasteiger partial charge in [-0.2, -0.15) is 0 Å². The summed E-state index contributed by atoms with van der Waals surface area (Å²) in [5.41, 5.74) is -0.0684. The van der Waals surface area contributed by atoms with Crippen LogP contribution in [0.15, 0.2) is 24.3 Å². The lowest BCUT2D eigenvalue weighted by atomic mass is 10.1. The van der Waals surface area contributed by atoms with E-state index in [0.29, 0.717) is 24.3 Å². The molecule has 5 nitrogen and oxygen atoms in total. The van der Waals surface area contributed by atoms with Crippen molar-refractivity contribution >= 4 is 11.9 Å². The van der Waals surface area contributed by atoms with Crippen molar-refractivity contribution in [3.63, 3.8) is 0 Å². The minimum Gasteiger partial charge on any atom is -0.494 e. The summed E-state index contributed by atoms with van der Waals surface area (Å²) in [6.45, 7) is 5.76. The zero-order chi connectivity index (χ0) is 15.2. The molecule has 0 aliphatic carbocycles. The Labute approximate surface area is 118 Å². The Morgan fingerprint density at radius 1 is 1.15 bits per heavy atom. The quantitative estimate of drug-likeness (QED) is 0.640. The van der Waals surface area contributed by atoms with Gasteiger partial charge in [0.15, 0.2) is 0 Å². The second-order valence-electron chi connectivity index (χ2n) is 5.37. The fraction of sp³-hybridized carbons (Fsp3) is 0.467. The Kier molecular flexibility index (Phi) is 5.55. The number of aliphatic carboxylic acids is 1. The second-order valence-corrected chi connectivity index (χ2v) is 5.37. The van der Waals surface area contributed by atoms with E-state index in [9.17, 15) is 9.59 Å². The van der Waals surface area contributed by atoms with E-state index < -0.39 is 11.6 Å². The molecule has 0 saturated carbocycles. The van der Waals surface area contributed by atoms with Crippen LogP contribution in [0.2, 0.25) is 0 Å². The van der Waals surface area contributed by atoms with Gasteiger partial charge in [0, 0.05) is 6.42 Å². The van der Waals surface area contributed by atoms with Gasteiger partial charge in [0.2, 0.25) is 0 Å². The summed E-state index contributed by atoms with van der Waals surface area (Å²) in [7, 11) is 0. The molecule has 1 N–H and O–H groups in total. The molecule has 0 aromatic heterocycles. The summed E-state index contributed by atoms with van der Waals surface area (Å²) in [6, 6.07) is 6.58. The lowest BCUT2D eigenvalue weighted by Gasteiger charge is -2.19. The number of ether oxygens (including phenoxy) is 2. The van der Waals surface area contributed by atoms with Gasteiger partial charge in [-0.25, -0.2) is 4.79 Å². The molecular weight excluding hydrogens is 260 g/mol. The molecule has 0 aliphatic heterocycles. The second kappa shape index (κ2) is 6.93. The molecule has 0 unspecified atom stereocenters. The van der Waals surface area contributed by atoms with Crippen LogP contribution >= 0.6 is 0 Å². The topological polar surface area (TPSA) is 72.8 Å². The third-order valence-corrected chi connectivity index (χ3v) is 2.29. The molecule has 1 aromatic carbocycles. The Hall–Kier alpha value is -2.04. The van der Waals surface area contributed by atoms with Crippen LogP contribution in [0.5, 0.6) is 5.75 Å². The summed E-state index contributed by atoms with van der Waals surface area (Å²) in [5.74, 6) is -0.619. The van der Waals surface area contributed by atoms with Crippen molar-refractivity contribution in [3.8, 4) is 5.75 Å². The number of rotatable bonds is 6. The lowest BCUT2D eigenvalue weighted by Crippen LogP contribution is -2.23. The van der Waals surface area contributed by atoms with Gasteiger partial charge in [-0.3, -0.25) is 4.79 Å². The number of carbonyl (C=O) groups excluding carboxylic acids is 1. The first kappa shape index (κ1) is 16.0. The first-order valence-electron chi connectivity index (χ1n) is 6.46. The van der Waals surface area contributed by atoms with Crippen LogP contribution in [0.3, 0.4) is 0 Å². The normalized spacial score (nSPS) is 10.9. The monoisotopic (exact) mass is 280 g/mol. The fourth-order valence-electron chi connectivity index (χ4n) is 1.44. The average molecular weight is 280 g/mol. The van der Waals surface area contributed by atoms with E-state index in [0.717, 1.165) is 0 Å². The van der Waals surface area contributed by atoms with Gasteiger partial charge >= 0.3 is 11.9 Å². The smallest absolute Gasteiger partial charge is 0.338 e. The molecule has 0 bridgehead atoms. The Balaban J connectivity index is 2.48. The van der Waals surface area contributed by atoms with E-state index in [2.05, 4.69) is 0 Å². The van der Waals surface area contributed by atoms with E-state index in [-0.39, 0.29) is 12.4 Å². The van der Waals surface area contributed by atoms with Crippen LogP contribution in [-0.2, 0) is 9.53 Å². The molecule has 20 heavy (non-hydrogen) atoms. The fourth-order valence-corrected chi connectivity index (χ4v) is 1.44. The largest absolute Gasteiger partial charge is 0.494 e. The van der Waals surface area contributed by atoms with Crippen LogP contribution < -0.4 is 4.74 Å². The zero-order valence-electron chi connectivity index (χ0n) is 12.0. The standard InChI is InChI=1S/C15H20O5/c1-15(2,3)20-14(18)11-6-8-12(9-7-11)19-10-4-5-13(16)17/h6-9H,4-5,10H2,1-3H3,(H,16,17). The van der Waals surface area contributed by atoms with Crippen molar-refractivity contribution in [2.24, 2.45) is 0 Å². The molecule has 0 atom stereocenters. The Morgan fingerprint density at radius 3 is 2.25 bits per heavy atom. The van der Waals surface area contributed by atoms with E-state index in [4.69, 9.17) is 14.6 Å². The van der Waals surface area contributed by atoms with Crippen molar-refractivity contribution in [1.29, 1.82) is 0 Å². The molecule has 110 valence electrons. The van der Waals surface area contributed by atoms with E-state index in [1.54, 1.807) is 24.3 Å². The third kappa shape index (κ3) is 6.22. The molecule has 0 spiro atoms. The number of benzene rings is 1. The first-order chi connectivity index (χ1) is 9.28. The highest BCUT2D eigenvalue weighted by atomic mass is 16.6. The number of carboxylic acids is 1. The number of hydrogen-bond acceptors (Lipinski definition) is 4. The predicted octanol–water partition coefficient (Wildman–Crippen LogP) is 2.89. The molecule has 0 saturated heterocycles. The average Bonchev–Trinajstić information content (AvgIpc) is 2.33. The van der Waals surface area contributed by atoms with Crippen LogP contribution in [0.1, 0.15) is 44.0 Å². The van der Waals surface area contributed by atoms with Gasteiger partial charge < -0.3 is 14.6 Å². The van der Waals surface area contributed by atoms with Gasteiger partial charge in [-0.05, 0) is 51.5 Å². The lowest BCUT2D eigenvalue weighted by molar-refractivity contribution is -0.137. The highest BCUT2D eigenvalue weighted by molar-refractivity contribution is 5.89. The number of carbonyl (C=O) groups is 2. The third-order valence-electron chi connectivity index (χ3n) is 2.29. The SMILES string of the molecule is CC(C)(C)OC(=O)c1ccc(OCCCC(=O)O)cc1. The summed E-state index contributed by atoms with van der Waals surface area (Å²) >= 11 is 0. The van der Waals surface area contributed by atoms with Gasteiger partial charge in [0.25, 0.3) is 0 Å². The highest BCUT2D eigenvalue weighted by Gasteiger charge is 2.17. The molecule has 0 aliphatic rings. The summed E-state index contributed by atoms with van der Waals surface area (Å²) in [4.78, 5) is 22.1. The van der Waals surface area contributed by atoms with E-state index >= 15 is 0 Å². The number of esters is 1.